The van der Waals surface area contributed by atoms with Crippen LogP contribution in [0.5, 0.6) is 5.75 Å². The molecule has 8 heteroatoms. The minimum absolute atomic E-state index is 0.301. The number of hydrogen-bond acceptors (Lipinski definition) is 7. The molecule has 1 aromatic heterocycles. The first-order chi connectivity index (χ1) is 18.9. The zero-order valence-electron chi connectivity index (χ0n) is 22.0. The summed E-state index contributed by atoms with van der Waals surface area (Å²) in [6, 6.07) is 18.2. The molecule has 7 nitrogen and oxygen atoms in total. The molecule has 1 saturated heterocycles. The molecule has 0 spiro atoms. The molecule has 2 heterocycles. The molecule has 200 valence electrons. The first kappa shape index (κ1) is 26.6. The number of aliphatic hydroxyl groups excluding tert-OH is 1. The summed E-state index contributed by atoms with van der Waals surface area (Å²) in [5.74, 6) is 0.166. The van der Waals surface area contributed by atoms with E-state index in [0.717, 1.165) is 38.8 Å². The fourth-order valence-corrected chi connectivity index (χ4v) is 5.18. The van der Waals surface area contributed by atoms with E-state index >= 15 is 0 Å². The van der Waals surface area contributed by atoms with Crippen molar-refractivity contribution >= 4 is 16.6 Å². The standard InChI is InChI=1S/C31H31FN4O3/c1-19-12-22(14-23(32)13-19)26-17-35-28-7-6-20(15-25(28)30(26)36-9-8-27(34)29(37)18-36)24-5-3-4-21(16-33)31(24)39-11-10-38-2/h3-7,12-15,17,27,29,37H,8-11,18,34H2,1-2H3. The number of aromatic nitrogens is 1. The zero-order valence-corrected chi connectivity index (χ0v) is 22.0. The molecule has 0 aliphatic carbocycles. The lowest BCUT2D eigenvalue weighted by Gasteiger charge is -2.37. The molecule has 0 saturated carbocycles. The number of piperidine rings is 1. The summed E-state index contributed by atoms with van der Waals surface area (Å²) in [6.07, 6.45) is 1.69. The van der Waals surface area contributed by atoms with E-state index in [1.807, 2.05) is 43.3 Å². The van der Waals surface area contributed by atoms with E-state index in [1.54, 1.807) is 19.4 Å². The Morgan fingerprint density at radius 1 is 1.13 bits per heavy atom. The number of aryl methyl sites for hydroxylation is 1. The lowest BCUT2D eigenvalue weighted by Crippen LogP contribution is -2.50. The second-order valence-electron chi connectivity index (χ2n) is 9.87. The van der Waals surface area contributed by atoms with Crippen molar-refractivity contribution in [2.24, 2.45) is 5.73 Å². The van der Waals surface area contributed by atoms with Crippen molar-refractivity contribution in [1.82, 2.24) is 4.98 Å². The first-order valence-corrected chi connectivity index (χ1v) is 12.9. The third kappa shape index (κ3) is 5.43. The van der Waals surface area contributed by atoms with Crippen LogP contribution in [0.15, 0.2) is 60.8 Å². The Kier molecular flexibility index (Phi) is 7.75. The first-order valence-electron chi connectivity index (χ1n) is 12.9. The smallest absolute Gasteiger partial charge is 0.144 e. The maximum atomic E-state index is 14.5. The summed E-state index contributed by atoms with van der Waals surface area (Å²) in [6.45, 7) is 3.54. The van der Waals surface area contributed by atoms with Gasteiger partial charge in [0, 0.05) is 49.0 Å². The summed E-state index contributed by atoms with van der Waals surface area (Å²) in [7, 11) is 1.60. The van der Waals surface area contributed by atoms with Crippen LogP contribution in [0, 0.1) is 24.1 Å². The topological polar surface area (TPSA) is 105 Å². The molecule has 2 atom stereocenters. The van der Waals surface area contributed by atoms with Crippen molar-refractivity contribution < 1.29 is 19.0 Å². The Labute approximate surface area is 227 Å². The van der Waals surface area contributed by atoms with Crippen molar-refractivity contribution in [3.05, 3.63) is 77.7 Å². The van der Waals surface area contributed by atoms with Crippen LogP contribution < -0.4 is 15.4 Å². The van der Waals surface area contributed by atoms with Crippen LogP contribution in [-0.2, 0) is 4.74 Å². The Morgan fingerprint density at radius 3 is 2.72 bits per heavy atom. The van der Waals surface area contributed by atoms with Gasteiger partial charge in [-0.2, -0.15) is 5.26 Å². The van der Waals surface area contributed by atoms with Gasteiger partial charge in [-0.3, -0.25) is 4.98 Å². The molecule has 4 aromatic rings. The number of methoxy groups -OCH3 is 1. The number of ether oxygens (including phenoxy) is 2. The Morgan fingerprint density at radius 2 is 1.97 bits per heavy atom. The van der Waals surface area contributed by atoms with Gasteiger partial charge in [-0.25, -0.2) is 4.39 Å². The SMILES string of the molecule is COCCOc1c(C#N)cccc1-c1ccc2ncc(-c3cc(C)cc(F)c3)c(N3CCC(N)C(O)C3)c2c1. The van der Waals surface area contributed by atoms with Crippen LogP contribution in [0.4, 0.5) is 10.1 Å². The maximum Gasteiger partial charge on any atom is 0.144 e. The number of anilines is 1. The zero-order chi connectivity index (χ0) is 27.5. The highest BCUT2D eigenvalue weighted by molar-refractivity contribution is 6.02. The number of fused-ring (bicyclic) bond motifs is 1. The van der Waals surface area contributed by atoms with E-state index in [0.29, 0.717) is 49.6 Å². The number of nitrogens with zero attached hydrogens (tertiary/aromatic N) is 3. The molecule has 39 heavy (non-hydrogen) atoms. The minimum Gasteiger partial charge on any atom is -0.489 e. The van der Waals surface area contributed by atoms with Crippen LogP contribution in [-0.4, -0.2) is 55.6 Å². The van der Waals surface area contributed by atoms with Gasteiger partial charge in [-0.05, 0) is 60.4 Å². The lowest BCUT2D eigenvalue weighted by atomic mass is 9.94. The van der Waals surface area contributed by atoms with Gasteiger partial charge in [0.1, 0.15) is 24.2 Å². The van der Waals surface area contributed by atoms with Crippen LogP contribution >= 0.6 is 0 Å². The molecular weight excluding hydrogens is 495 g/mol. The molecule has 5 rings (SSSR count). The highest BCUT2D eigenvalue weighted by Crippen LogP contribution is 2.41. The van der Waals surface area contributed by atoms with Gasteiger partial charge < -0.3 is 25.2 Å². The number of nitrogens with two attached hydrogens (primary N) is 1. The number of benzene rings is 3. The number of para-hydroxylation sites is 1. The van der Waals surface area contributed by atoms with E-state index in [9.17, 15) is 14.8 Å². The molecule has 0 radical (unpaired) electrons. The average molecular weight is 527 g/mol. The number of nitriles is 1. The molecule has 1 aliphatic heterocycles. The normalized spacial score (nSPS) is 17.3. The largest absolute Gasteiger partial charge is 0.489 e. The summed E-state index contributed by atoms with van der Waals surface area (Å²) in [5.41, 5.74) is 12.1. The Balaban J connectivity index is 1.72. The predicted octanol–water partition coefficient (Wildman–Crippen LogP) is 4.81. The van der Waals surface area contributed by atoms with E-state index in [-0.39, 0.29) is 11.9 Å². The third-order valence-electron chi connectivity index (χ3n) is 7.12. The molecule has 3 N–H and O–H groups in total. The van der Waals surface area contributed by atoms with E-state index < -0.39 is 6.10 Å². The Bertz CT molecular complexity index is 1530. The molecule has 1 fully saturated rings. The van der Waals surface area contributed by atoms with E-state index in [4.69, 9.17) is 20.2 Å². The van der Waals surface area contributed by atoms with Crippen molar-refractivity contribution in [3.8, 4) is 34.1 Å². The maximum absolute atomic E-state index is 14.5. The van der Waals surface area contributed by atoms with Gasteiger partial charge in [-0.15, -0.1) is 0 Å². The predicted molar refractivity (Wildman–Crippen MR) is 150 cm³/mol. The van der Waals surface area contributed by atoms with Gasteiger partial charge in [0.05, 0.1) is 29.5 Å². The van der Waals surface area contributed by atoms with Crippen LogP contribution in [0.2, 0.25) is 0 Å². The summed E-state index contributed by atoms with van der Waals surface area (Å²) < 4.78 is 25.6. The average Bonchev–Trinajstić information content (AvgIpc) is 2.93. The highest BCUT2D eigenvalue weighted by Gasteiger charge is 2.28. The van der Waals surface area contributed by atoms with Gasteiger partial charge in [0.25, 0.3) is 0 Å². The minimum atomic E-state index is -0.694. The summed E-state index contributed by atoms with van der Waals surface area (Å²) in [4.78, 5) is 6.83. The van der Waals surface area contributed by atoms with Crippen molar-refractivity contribution in [2.75, 3.05) is 38.3 Å². The van der Waals surface area contributed by atoms with Crippen LogP contribution in [0.25, 0.3) is 33.2 Å². The number of rotatable bonds is 7. The lowest BCUT2D eigenvalue weighted by molar-refractivity contribution is 0.132. The van der Waals surface area contributed by atoms with Crippen molar-refractivity contribution in [2.45, 2.75) is 25.5 Å². The summed E-state index contributed by atoms with van der Waals surface area (Å²) >= 11 is 0. The fraction of sp³-hybridized carbons (Fsp3) is 0.290. The van der Waals surface area contributed by atoms with Crippen LogP contribution in [0.3, 0.4) is 0 Å². The van der Waals surface area contributed by atoms with Gasteiger partial charge >= 0.3 is 0 Å². The molecule has 1 aliphatic rings. The van der Waals surface area contributed by atoms with E-state index in [1.165, 1.54) is 12.1 Å². The third-order valence-corrected chi connectivity index (χ3v) is 7.12. The fourth-order valence-electron chi connectivity index (χ4n) is 5.18. The van der Waals surface area contributed by atoms with Gasteiger partial charge in [-0.1, -0.05) is 24.3 Å². The second-order valence-corrected chi connectivity index (χ2v) is 9.87. The van der Waals surface area contributed by atoms with Gasteiger partial charge in [0.2, 0.25) is 0 Å². The molecule has 3 aromatic carbocycles. The number of β-amino-alcohol motifs (C(OH)–C–C–N with tert-alkyl or cyclic N) is 1. The highest BCUT2D eigenvalue weighted by atomic mass is 19.1. The van der Waals surface area contributed by atoms with E-state index in [2.05, 4.69) is 11.0 Å². The van der Waals surface area contributed by atoms with Crippen molar-refractivity contribution in [3.63, 3.8) is 0 Å². The molecule has 0 bridgehead atoms. The Hall–Kier alpha value is -4.03. The van der Waals surface area contributed by atoms with Gasteiger partial charge in [0.15, 0.2) is 0 Å². The number of pyridine rings is 1. The summed E-state index contributed by atoms with van der Waals surface area (Å²) in [5, 5.41) is 21.3. The van der Waals surface area contributed by atoms with Crippen LogP contribution in [0.1, 0.15) is 17.5 Å². The number of hydrogen-bond donors (Lipinski definition) is 2. The number of aliphatic hydroxyl groups is 1. The second kappa shape index (κ2) is 11.4. The molecule has 2 unspecified atom stereocenters. The van der Waals surface area contributed by atoms with Crippen molar-refractivity contribution in [1.29, 1.82) is 5.26 Å². The molecular formula is C31H31FN4O3. The number of halogens is 1. The monoisotopic (exact) mass is 526 g/mol. The quantitative estimate of drug-likeness (QED) is 0.333. The molecule has 0 amide bonds.